The van der Waals surface area contributed by atoms with Gasteiger partial charge < -0.3 is 9.40 Å². The number of carbonyl (C=O) groups excluding carboxylic acids is 1. The van der Waals surface area contributed by atoms with Gasteiger partial charge in [-0.05, 0) is 19.9 Å². The number of anilines is 1. The van der Waals surface area contributed by atoms with Crippen molar-refractivity contribution in [2.45, 2.75) is 13.8 Å². The van der Waals surface area contributed by atoms with Crippen molar-refractivity contribution >= 4 is 34.6 Å². The Hall–Kier alpha value is -2.41. The second kappa shape index (κ2) is 4.61. The number of hydrogen-bond acceptors (Lipinski definition) is 5. The summed E-state index contributed by atoms with van der Waals surface area (Å²) in [6.45, 7) is 3.49. The quantitative estimate of drug-likeness (QED) is 0.707. The maximum Gasteiger partial charge on any atom is 0.261 e. The van der Waals surface area contributed by atoms with Crippen LogP contribution in [0, 0.1) is 13.8 Å². The van der Waals surface area contributed by atoms with Gasteiger partial charge in [0.2, 0.25) is 5.95 Å². The smallest absolute Gasteiger partial charge is 0.261 e. The topological polar surface area (TPSA) is 96.7 Å². The lowest BCUT2D eigenvalue weighted by atomic mass is 10.2. The summed E-state index contributed by atoms with van der Waals surface area (Å²) in [6.07, 6.45) is 1.46. The number of aromatic amines is 1. The maximum absolute atomic E-state index is 12.1. The lowest BCUT2D eigenvalue weighted by Crippen LogP contribution is -2.14. The first-order valence-electron chi connectivity index (χ1n) is 5.79. The molecule has 0 aromatic carbocycles. The molecule has 3 aromatic rings. The van der Waals surface area contributed by atoms with Gasteiger partial charge in [-0.3, -0.25) is 10.1 Å². The van der Waals surface area contributed by atoms with Crippen molar-refractivity contribution in [3.63, 3.8) is 0 Å². The van der Waals surface area contributed by atoms with Crippen molar-refractivity contribution in [3.8, 4) is 0 Å². The Bertz CT molecular complexity index is 807. The third-order valence-corrected chi connectivity index (χ3v) is 3.03. The molecule has 0 fully saturated rings. The Balaban J connectivity index is 1.93. The van der Waals surface area contributed by atoms with Crippen LogP contribution < -0.4 is 5.32 Å². The van der Waals surface area contributed by atoms with E-state index in [0.29, 0.717) is 28.2 Å². The summed E-state index contributed by atoms with van der Waals surface area (Å²) in [4.78, 5) is 27.0. The van der Waals surface area contributed by atoms with E-state index in [9.17, 15) is 4.79 Å². The molecule has 2 N–H and O–H groups in total. The number of amides is 1. The number of fused-ring (bicyclic) bond motifs is 1. The summed E-state index contributed by atoms with van der Waals surface area (Å²) in [6, 6.07) is 1.65. The number of aromatic nitrogens is 4. The molecule has 3 heterocycles. The molecule has 0 aliphatic rings. The number of hydrogen-bond donors (Lipinski definition) is 2. The van der Waals surface area contributed by atoms with Gasteiger partial charge in [-0.15, -0.1) is 0 Å². The van der Waals surface area contributed by atoms with Crippen LogP contribution in [0.3, 0.4) is 0 Å². The molecular formula is C12H10ClN5O2. The number of carbonyl (C=O) groups is 1. The predicted molar refractivity (Wildman–Crippen MR) is 72.8 cm³/mol. The van der Waals surface area contributed by atoms with Gasteiger partial charge in [0.25, 0.3) is 5.91 Å². The molecular weight excluding hydrogens is 282 g/mol. The van der Waals surface area contributed by atoms with E-state index in [2.05, 4.69) is 25.3 Å². The zero-order valence-electron chi connectivity index (χ0n) is 10.7. The normalized spacial score (nSPS) is 10.9. The molecule has 8 heteroatoms. The van der Waals surface area contributed by atoms with Crippen molar-refractivity contribution in [3.05, 3.63) is 34.6 Å². The highest BCUT2D eigenvalue weighted by atomic mass is 35.5. The third kappa shape index (κ3) is 2.12. The molecule has 0 unspecified atom stereocenters. The van der Waals surface area contributed by atoms with Crippen LogP contribution >= 0.6 is 11.6 Å². The lowest BCUT2D eigenvalue weighted by Gasteiger charge is -2.03. The molecule has 3 aromatic heterocycles. The summed E-state index contributed by atoms with van der Waals surface area (Å²) >= 11 is 5.98. The summed E-state index contributed by atoms with van der Waals surface area (Å²) in [5, 5.41) is 2.77. The van der Waals surface area contributed by atoms with E-state index >= 15 is 0 Å². The van der Waals surface area contributed by atoms with Crippen LogP contribution in [0.25, 0.3) is 11.2 Å². The number of rotatable bonds is 2. The fraction of sp³-hybridized carbons (Fsp3) is 0.167. The second-order valence-corrected chi connectivity index (χ2v) is 4.58. The van der Waals surface area contributed by atoms with Gasteiger partial charge in [-0.1, -0.05) is 11.6 Å². The van der Waals surface area contributed by atoms with Gasteiger partial charge in [0.1, 0.15) is 17.0 Å². The minimum Gasteiger partial charge on any atom is -0.466 e. The monoisotopic (exact) mass is 291 g/mol. The van der Waals surface area contributed by atoms with E-state index in [-0.39, 0.29) is 17.0 Å². The molecule has 0 aliphatic heterocycles. The molecule has 0 spiro atoms. The van der Waals surface area contributed by atoms with Crippen molar-refractivity contribution in [2.24, 2.45) is 0 Å². The second-order valence-electron chi connectivity index (χ2n) is 4.22. The van der Waals surface area contributed by atoms with Crippen LogP contribution in [0.1, 0.15) is 21.9 Å². The molecule has 0 saturated heterocycles. The van der Waals surface area contributed by atoms with Gasteiger partial charge in [0, 0.05) is 0 Å². The molecule has 102 valence electrons. The number of imidazole rings is 1. The van der Waals surface area contributed by atoms with Gasteiger partial charge in [-0.25, -0.2) is 4.98 Å². The molecule has 1 amide bonds. The zero-order chi connectivity index (χ0) is 14.3. The largest absolute Gasteiger partial charge is 0.466 e. The summed E-state index contributed by atoms with van der Waals surface area (Å²) in [5.41, 5.74) is 1.35. The van der Waals surface area contributed by atoms with Gasteiger partial charge in [-0.2, -0.15) is 9.97 Å². The van der Waals surface area contributed by atoms with E-state index in [1.54, 1.807) is 19.9 Å². The first-order valence-corrected chi connectivity index (χ1v) is 6.17. The van der Waals surface area contributed by atoms with Gasteiger partial charge >= 0.3 is 0 Å². The van der Waals surface area contributed by atoms with Crippen LogP contribution in [-0.4, -0.2) is 25.8 Å². The van der Waals surface area contributed by atoms with E-state index in [1.165, 1.54) is 6.33 Å². The van der Waals surface area contributed by atoms with E-state index in [1.807, 2.05) is 0 Å². The first-order chi connectivity index (χ1) is 9.54. The lowest BCUT2D eigenvalue weighted by molar-refractivity contribution is 0.102. The Morgan fingerprint density at radius 3 is 2.90 bits per heavy atom. The minimum absolute atomic E-state index is 0.0952. The average Bonchev–Trinajstić information content (AvgIpc) is 2.95. The molecule has 0 atom stereocenters. The van der Waals surface area contributed by atoms with Crippen molar-refractivity contribution in [1.82, 2.24) is 19.9 Å². The van der Waals surface area contributed by atoms with Crippen LogP contribution in [0.15, 0.2) is 16.8 Å². The van der Waals surface area contributed by atoms with Gasteiger partial charge in [0.15, 0.2) is 10.8 Å². The van der Waals surface area contributed by atoms with E-state index in [0.717, 1.165) is 0 Å². The van der Waals surface area contributed by atoms with Crippen LogP contribution in [0.5, 0.6) is 0 Å². The average molecular weight is 292 g/mol. The van der Waals surface area contributed by atoms with Crippen LogP contribution in [0.2, 0.25) is 5.15 Å². The Morgan fingerprint density at radius 1 is 1.40 bits per heavy atom. The SMILES string of the molecule is Cc1cc(C(=O)Nc2nc(Cl)c3[nH]cnc3n2)c(C)o1. The van der Waals surface area contributed by atoms with Crippen molar-refractivity contribution < 1.29 is 9.21 Å². The fourth-order valence-electron chi connectivity index (χ4n) is 1.88. The van der Waals surface area contributed by atoms with Crippen LogP contribution in [0.4, 0.5) is 5.95 Å². The van der Waals surface area contributed by atoms with E-state index in [4.69, 9.17) is 16.0 Å². The molecule has 0 saturated carbocycles. The number of aryl methyl sites for hydroxylation is 2. The molecule has 0 aliphatic carbocycles. The van der Waals surface area contributed by atoms with Crippen molar-refractivity contribution in [2.75, 3.05) is 5.32 Å². The first kappa shape index (κ1) is 12.6. The predicted octanol–water partition coefficient (Wildman–Crippen LogP) is 2.47. The van der Waals surface area contributed by atoms with Crippen molar-refractivity contribution in [1.29, 1.82) is 0 Å². The minimum atomic E-state index is -0.356. The van der Waals surface area contributed by atoms with Gasteiger partial charge in [0.05, 0.1) is 11.9 Å². The highest BCUT2D eigenvalue weighted by Gasteiger charge is 2.16. The summed E-state index contributed by atoms with van der Waals surface area (Å²) < 4.78 is 5.31. The number of H-pyrrole nitrogens is 1. The summed E-state index contributed by atoms with van der Waals surface area (Å²) in [7, 11) is 0. The highest BCUT2D eigenvalue weighted by molar-refractivity contribution is 6.33. The molecule has 3 rings (SSSR count). The van der Waals surface area contributed by atoms with Crippen LogP contribution in [-0.2, 0) is 0 Å². The standard InChI is InChI=1S/C12H10ClN5O2/c1-5-3-7(6(2)20-5)11(19)18-12-16-9(13)8-10(17-12)15-4-14-8/h3-4H,1-2H3,(H2,14,15,16,17,18,19). The number of furan rings is 1. The fourth-order valence-corrected chi connectivity index (χ4v) is 2.10. The Kier molecular flexibility index (Phi) is 2.90. The molecule has 0 radical (unpaired) electrons. The molecule has 20 heavy (non-hydrogen) atoms. The number of nitrogens with zero attached hydrogens (tertiary/aromatic N) is 3. The number of nitrogens with one attached hydrogen (secondary N) is 2. The molecule has 7 nitrogen and oxygen atoms in total. The number of halogens is 1. The maximum atomic E-state index is 12.1. The van der Waals surface area contributed by atoms with E-state index < -0.39 is 0 Å². The zero-order valence-corrected chi connectivity index (χ0v) is 11.4. The third-order valence-electron chi connectivity index (χ3n) is 2.75. The molecule has 0 bridgehead atoms. The highest BCUT2D eigenvalue weighted by Crippen LogP contribution is 2.19. The Morgan fingerprint density at radius 2 is 2.20 bits per heavy atom. The Labute approximate surface area is 118 Å². The summed E-state index contributed by atoms with van der Waals surface area (Å²) in [5.74, 6) is 0.935.